The first kappa shape index (κ1) is 20.3. The lowest BCUT2D eigenvalue weighted by atomic mass is 10.2. The van der Waals surface area contributed by atoms with E-state index in [2.05, 4.69) is 48.3 Å². The van der Waals surface area contributed by atoms with E-state index in [0.29, 0.717) is 52.6 Å². The predicted molar refractivity (Wildman–Crippen MR) is 117 cm³/mol. The van der Waals surface area contributed by atoms with Crippen LogP contribution >= 0.6 is 15.9 Å². The molecule has 4 rings (SSSR count). The molecule has 0 aliphatic heterocycles. The van der Waals surface area contributed by atoms with E-state index >= 15 is 0 Å². The quantitative estimate of drug-likeness (QED) is 0.303. The normalized spacial score (nSPS) is 11.4. The van der Waals surface area contributed by atoms with Crippen LogP contribution in [0.25, 0.3) is 16.9 Å². The van der Waals surface area contributed by atoms with Gasteiger partial charge in [0.2, 0.25) is 5.78 Å². The molecule has 1 aromatic carbocycles. The topological polar surface area (TPSA) is 110 Å². The Morgan fingerprint density at radius 2 is 2.00 bits per heavy atom. The maximum Gasteiger partial charge on any atom is 0.286 e. The fraction of sp³-hybridized carbons (Fsp3) is 0.350. The highest BCUT2D eigenvalue weighted by Gasteiger charge is 2.19. The van der Waals surface area contributed by atoms with Crippen LogP contribution in [-0.2, 0) is 13.0 Å². The van der Waals surface area contributed by atoms with Crippen molar-refractivity contribution in [1.82, 2.24) is 34.4 Å². The van der Waals surface area contributed by atoms with Crippen molar-refractivity contribution >= 4 is 38.8 Å². The van der Waals surface area contributed by atoms with Crippen molar-refractivity contribution in [3.8, 4) is 0 Å². The van der Waals surface area contributed by atoms with E-state index in [1.807, 2.05) is 22.8 Å². The molecule has 9 nitrogen and oxygen atoms in total. The molecule has 30 heavy (non-hydrogen) atoms. The van der Waals surface area contributed by atoms with E-state index in [9.17, 15) is 9.59 Å². The summed E-state index contributed by atoms with van der Waals surface area (Å²) in [7, 11) is 0. The fourth-order valence-corrected chi connectivity index (χ4v) is 3.81. The number of amides is 1. The second kappa shape index (κ2) is 8.78. The molecule has 0 aliphatic rings. The number of carbonyl (C=O) groups excluding carboxylic acids is 1. The van der Waals surface area contributed by atoms with Gasteiger partial charge in [-0.05, 0) is 34.5 Å². The standard InChI is InChI=1S/C20H22BrN7O2/c1-2-3-7-12-27-16-15(23-19(21)24-16)18(30)28-14(25-26-20(27)28)10-11-22-17(29)13-8-5-4-6-9-13/h4-6,8-9H,2-3,7,10-12H2,1H3,(H,22,29)(H,23,24). The average molecular weight is 472 g/mol. The van der Waals surface area contributed by atoms with E-state index in [1.165, 1.54) is 4.40 Å². The number of aryl methyl sites for hydroxylation is 1. The van der Waals surface area contributed by atoms with Crippen molar-refractivity contribution in [3.05, 3.63) is 56.8 Å². The summed E-state index contributed by atoms with van der Waals surface area (Å²) < 4.78 is 3.93. The van der Waals surface area contributed by atoms with E-state index in [-0.39, 0.29) is 11.5 Å². The van der Waals surface area contributed by atoms with Crippen LogP contribution < -0.4 is 10.9 Å². The Morgan fingerprint density at radius 3 is 2.77 bits per heavy atom. The Labute approximate surface area is 180 Å². The Hall–Kier alpha value is -3.01. The third-order valence-corrected chi connectivity index (χ3v) is 5.31. The monoisotopic (exact) mass is 471 g/mol. The molecule has 3 heterocycles. The third kappa shape index (κ3) is 3.87. The Morgan fingerprint density at radius 1 is 1.20 bits per heavy atom. The van der Waals surface area contributed by atoms with Gasteiger partial charge < -0.3 is 10.3 Å². The summed E-state index contributed by atoms with van der Waals surface area (Å²) in [6.45, 7) is 3.17. The number of fused-ring (bicyclic) bond motifs is 2. The molecule has 0 saturated carbocycles. The van der Waals surface area contributed by atoms with Crippen LogP contribution in [0.3, 0.4) is 0 Å². The van der Waals surface area contributed by atoms with E-state index < -0.39 is 0 Å². The number of carbonyl (C=O) groups is 1. The van der Waals surface area contributed by atoms with Crippen LogP contribution in [-0.4, -0.2) is 41.6 Å². The highest BCUT2D eigenvalue weighted by molar-refractivity contribution is 9.10. The maximum atomic E-state index is 13.1. The Bertz CT molecular complexity index is 1240. The zero-order valence-electron chi connectivity index (χ0n) is 16.6. The number of nitrogens with one attached hydrogen (secondary N) is 2. The molecule has 0 atom stereocenters. The number of hydrogen-bond acceptors (Lipinski definition) is 5. The lowest BCUT2D eigenvalue weighted by molar-refractivity contribution is 0.0954. The number of H-pyrrole nitrogens is 1. The molecular weight excluding hydrogens is 450 g/mol. The van der Waals surface area contributed by atoms with Crippen molar-refractivity contribution in [1.29, 1.82) is 0 Å². The molecule has 2 N–H and O–H groups in total. The molecule has 0 aliphatic carbocycles. The summed E-state index contributed by atoms with van der Waals surface area (Å²) in [6.07, 6.45) is 3.48. The van der Waals surface area contributed by atoms with Crippen LogP contribution in [0.15, 0.2) is 39.9 Å². The number of halogens is 1. The summed E-state index contributed by atoms with van der Waals surface area (Å²) >= 11 is 3.32. The number of rotatable bonds is 8. The molecule has 0 spiro atoms. The molecule has 156 valence electrons. The Kier molecular flexibility index (Phi) is 5.93. The second-order valence-electron chi connectivity index (χ2n) is 7.01. The molecule has 1 amide bonds. The minimum atomic E-state index is -0.251. The first-order valence-corrected chi connectivity index (χ1v) is 10.7. The van der Waals surface area contributed by atoms with Crippen LogP contribution in [0.2, 0.25) is 0 Å². The number of benzene rings is 1. The average Bonchev–Trinajstić information content (AvgIpc) is 3.35. The molecule has 3 aromatic heterocycles. The molecular formula is C20H22BrN7O2. The second-order valence-corrected chi connectivity index (χ2v) is 7.76. The van der Waals surface area contributed by atoms with Gasteiger partial charge in [-0.15, -0.1) is 10.2 Å². The van der Waals surface area contributed by atoms with Crippen LogP contribution in [0, 0.1) is 0 Å². The molecule has 10 heteroatoms. The van der Waals surface area contributed by atoms with E-state index in [4.69, 9.17) is 0 Å². The van der Waals surface area contributed by atoms with Crippen LogP contribution in [0.5, 0.6) is 0 Å². The van der Waals surface area contributed by atoms with Gasteiger partial charge in [0.25, 0.3) is 11.5 Å². The van der Waals surface area contributed by atoms with Gasteiger partial charge in [-0.1, -0.05) is 38.0 Å². The van der Waals surface area contributed by atoms with Gasteiger partial charge in [0, 0.05) is 25.1 Å². The van der Waals surface area contributed by atoms with Gasteiger partial charge in [0.05, 0.1) is 0 Å². The first-order chi connectivity index (χ1) is 14.6. The van der Waals surface area contributed by atoms with E-state index in [1.54, 1.807) is 12.1 Å². The van der Waals surface area contributed by atoms with Crippen molar-refractivity contribution in [3.63, 3.8) is 0 Å². The molecule has 0 unspecified atom stereocenters. The Balaban J connectivity index is 1.63. The third-order valence-electron chi connectivity index (χ3n) is 4.94. The zero-order valence-corrected chi connectivity index (χ0v) is 18.1. The fourth-order valence-electron chi connectivity index (χ4n) is 3.44. The highest BCUT2D eigenvalue weighted by atomic mass is 79.9. The van der Waals surface area contributed by atoms with Crippen molar-refractivity contribution in [2.45, 2.75) is 39.2 Å². The minimum Gasteiger partial charge on any atom is -0.352 e. The maximum absolute atomic E-state index is 13.1. The van der Waals surface area contributed by atoms with Crippen molar-refractivity contribution < 1.29 is 4.79 Å². The van der Waals surface area contributed by atoms with Gasteiger partial charge in [-0.25, -0.2) is 9.38 Å². The predicted octanol–water partition coefficient (Wildman–Crippen LogP) is 2.69. The smallest absolute Gasteiger partial charge is 0.286 e. The SMILES string of the molecule is CCCCCn1c2nc(Br)[nH]c2c(=O)n2c(CCNC(=O)c3ccccc3)nnc12. The highest BCUT2D eigenvalue weighted by Crippen LogP contribution is 2.16. The molecule has 0 bridgehead atoms. The van der Waals surface area contributed by atoms with Crippen molar-refractivity contribution in [2.75, 3.05) is 6.54 Å². The lowest BCUT2D eigenvalue weighted by Gasteiger charge is -2.09. The molecule has 4 aromatic rings. The molecule has 0 radical (unpaired) electrons. The van der Waals surface area contributed by atoms with Gasteiger partial charge >= 0.3 is 0 Å². The number of hydrogen-bond donors (Lipinski definition) is 2. The van der Waals surface area contributed by atoms with Crippen molar-refractivity contribution in [2.24, 2.45) is 0 Å². The molecule has 0 fully saturated rings. The summed E-state index contributed by atoms with van der Waals surface area (Å²) in [4.78, 5) is 32.7. The number of aromatic nitrogens is 6. The van der Waals surface area contributed by atoms with Gasteiger partial charge in [0.1, 0.15) is 5.82 Å². The van der Waals surface area contributed by atoms with Gasteiger partial charge in [0.15, 0.2) is 15.9 Å². The number of aromatic amines is 1. The summed E-state index contributed by atoms with van der Waals surface area (Å²) in [5, 5.41) is 11.4. The number of unbranched alkanes of at least 4 members (excludes halogenated alkanes) is 2. The first-order valence-electron chi connectivity index (χ1n) is 9.95. The largest absolute Gasteiger partial charge is 0.352 e. The summed E-state index contributed by atoms with van der Waals surface area (Å²) in [5.74, 6) is 0.800. The van der Waals surface area contributed by atoms with Gasteiger partial charge in [-0.3, -0.25) is 14.2 Å². The summed E-state index contributed by atoms with van der Waals surface area (Å²) in [5.41, 5.74) is 1.30. The van der Waals surface area contributed by atoms with Crippen LogP contribution in [0.1, 0.15) is 42.4 Å². The lowest BCUT2D eigenvalue weighted by Crippen LogP contribution is -2.27. The zero-order chi connectivity index (χ0) is 21.1. The number of imidazole rings is 1. The van der Waals surface area contributed by atoms with E-state index in [0.717, 1.165) is 19.3 Å². The summed E-state index contributed by atoms with van der Waals surface area (Å²) in [6, 6.07) is 9.00. The van der Waals surface area contributed by atoms with Gasteiger partial charge in [-0.2, -0.15) is 0 Å². The minimum absolute atomic E-state index is 0.165. The van der Waals surface area contributed by atoms with Crippen LogP contribution in [0.4, 0.5) is 0 Å². The number of nitrogens with zero attached hydrogens (tertiary/aromatic N) is 5. The molecule has 0 saturated heterocycles.